The summed E-state index contributed by atoms with van der Waals surface area (Å²) in [6, 6.07) is 0. The molecule has 0 fully saturated rings. The first-order chi connectivity index (χ1) is 6.56. The Balaban J connectivity index is -0.000000249. The van der Waals surface area contributed by atoms with Gasteiger partial charge in [0.2, 0.25) is 6.33 Å². The number of carboxylic acids is 1. The van der Waals surface area contributed by atoms with Gasteiger partial charge < -0.3 is 17.5 Å². The minimum atomic E-state index is -0.833. The SMILES string of the molecule is CC(=O)O.CCCCn1cc[n+](C)c1.[Cl-].[Mn]. The van der Waals surface area contributed by atoms with Crippen LogP contribution >= 0.6 is 0 Å². The molecule has 0 unspecified atom stereocenters. The Bertz CT molecular complexity index is 276. The number of aryl methyl sites for hydroxylation is 2. The molecule has 1 rings (SSSR count). The standard InChI is InChI=1S/C8H15N2.C2H4O2.ClH.Mn/c1-3-4-5-10-7-6-9(2)8-10;1-2(3)4;;/h6-8H,3-5H2,1-2H3;1H3,(H,3,4);1H;/q+1;;;/p-1. The molecule has 0 aliphatic heterocycles. The first kappa shape index (κ1) is 20.8. The Morgan fingerprint density at radius 2 is 2.00 bits per heavy atom. The van der Waals surface area contributed by atoms with Crippen LogP contribution in [0.15, 0.2) is 18.7 Å². The molecule has 0 amide bonds. The van der Waals surface area contributed by atoms with Crippen molar-refractivity contribution in [1.82, 2.24) is 4.57 Å². The van der Waals surface area contributed by atoms with Crippen molar-refractivity contribution in [3.8, 4) is 0 Å². The van der Waals surface area contributed by atoms with E-state index in [0.29, 0.717) is 0 Å². The molecule has 95 valence electrons. The number of halogens is 1. The van der Waals surface area contributed by atoms with Gasteiger partial charge in [-0.25, -0.2) is 9.13 Å². The molecule has 0 saturated heterocycles. The van der Waals surface area contributed by atoms with Crippen molar-refractivity contribution in [2.24, 2.45) is 7.05 Å². The Morgan fingerprint density at radius 1 is 1.50 bits per heavy atom. The number of aliphatic carboxylic acids is 1. The summed E-state index contributed by atoms with van der Waals surface area (Å²) in [4.78, 5) is 9.00. The smallest absolute Gasteiger partial charge is 0.300 e. The van der Waals surface area contributed by atoms with Crippen LogP contribution in [0.5, 0.6) is 0 Å². The van der Waals surface area contributed by atoms with Crippen LogP contribution in [-0.2, 0) is 35.5 Å². The number of carboxylic acid groups (broad SMARTS) is 1. The maximum atomic E-state index is 9.00. The Hall–Kier alpha value is -0.511. The van der Waals surface area contributed by atoms with Crippen molar-refractivity contribution in [3.63, 3.8) is 0 Å². The quantitative estimate of drug-likeness (QED) is 0.527. The fourth-order valence-electron chi connectivity index (χ4n) is 0.975. The molecule has 1 aromatic heterocycles. The summed E-state index contributed by atoms with van der Waals surface area (Å²) in [7, 11) is 2.04. The van der Waals surface area contributed by atoms with Gasteiger partial charge in [0.05, 0.1) is 13.6 Å². The normalized spacial score (nSPS) is 7.94. The monoisotopic (exact) mass is 289 g/mol. The topological polar surface area (TPSA) is 46.1 Å². The van der Waals surface area contributed by atoms with Gasteiger partial charge in [-0.2, -0.15) is 0 Å². The maximum absolute atomic E-state index is 9.00. The number of hydrogen-bond acceptors (Lipinski definition) is 1. The predicted molar refractivity (Wildman–Crippen MR) is 53.8 cm³/mol. The van der Waals surface area contributed by atoms with Gasteiger partial charge in [0, 0.05) is 24.0 Å². The molecule has 0 saturated carbocycles. The number of aromatic nitrogens is 2. The van der Waals surface area contributed by atoms with Crippen LogP contribution < -0.4 is 17.0 Å². The molecule has 1 radical (unpaired) electrons. The summed E-state index contributed by atoms with van der Waals surface area (Å²) in [6.45, 7) is 4.45. The third-order valence-electron chi connectivity index (χ3n) is 1.59. The van der Waals surface area contributed by atoms with Crippen LogP contribution in [0, 0.1) is 0 Å². The van der Waals surface area contributed by atoms with Crippen molar-refractivity contribution in [1.29, 1.82) is 0 Å². The minimum Gasteiger partial charge on any atom is -1.00 e. The fraction of sp³-hybridized carbons (Fsp3) is 0.600. The number of rotatable bonds is 3. The molecule has 0 aromatic carbocycles. The largest absolute Gasteiger partial charge is 1.00 e. The molecule has 1 N–H and O–H groups in total. The molecule has 4 nitrogen and oxygen atoms in total. The third kappa shape index (κ3) is 13.5. The molecular formula is C10H19ClMnN2O2. The summed E-state index contributed by atoms with van der Waals surface area (Å²) >= 11 is 0. The Morgan fingerprint density at radius 3 is 2.31 bits per heavy atom. The van der Waals surface area contributed by atoms with E-state index in [1.807, 2.05) is 7.05 Å². The van der Waals surface area contributed by atoms with Gasteiger partial charge in [-0.3, -0.25) is 4.79 Å². The van der Waals surface area contributed by atoms with Crippen molar-refractivity contribution >= 4 is 5.97 Å². The van der Waals surface area contributed by atoms with E-state index in [0.717, 1.165) is 13.5 Å². The fourth-order valence-corrected chi connectivity index (χ4v) is 0.975. The average Bonchev–Trinajstić information content (AvgIpc) is 2.47. The van der Waals surface area contributed by atoms with Crippen LogP contribution in [0.25, 0.3) is 0 Å². The second kappa shape index (κ2) is 12.6. The molecule has 1 heterocycles. The van der Waals surface area contributed by atoms with E-state index in [9.17, 15) is 0 Å². The number of unbranched alkanes of at least 4 members (excludes halogenated alkanes) is 1. The Labute approximate surface area is 114 Å². The van der Waals surface area contributed by atoms with E-state index in [-0.39, 0.29) is 29.5 Å². The Kier molecular flexibility index (Phi) is 16.4. The summed E-state index contributed by atoms with van der Waals surface area (Å²) in [5.41, 5.74) is 0. The molecule has 1 aromatic rings. The summed E-state index contributed by atoms with van der Waals surface area (Å²) in [5, 5.41) is 7.42. The molecule has 0 spiro atoms. The van der Waals surface area contributed by atoms with E-state index < -0.39 is 5.97 Å². The summed E-state index contributed by atoms with van der Waals surface area (Å²) in [6.07, 6.45) is 8.82. The minimum absolute atomic E-state index is 0. The molecule has 0 bridgehead atoms. The van der Waals surface area contributed by atoms with Crippen LogP contribution in [0.2, 0.25) is 0 Å². The van der Waals surface area contributed by atoms with Gasteiger partial charge in [0.1, 0.15) is 12.4 Å². The number of imidazole rings is 1. The van der Waals surface area contributed by atoms with Gasteiger partial charge in [-0.15, -0.1) is 0 Å². The maximum Gasteiger partial charge on any atom is 0.300 e. The molecule has 16 heavy (non-hydrogen) atoms. The molecule has 0 aliphatic rings. The average molecular weight is 290 g/mol. The molecule has 6 heteroatoms. The van der Waals surface area contributed by atoms with E-state index in [1.165, 1.54) is 12.8 Å². The van der Waals surface area contributed by atoms with Gasteiger partial charge in [0.15, 0.2) is 0 Å². The van der Waals surface area contributed by atoms with Crippen LogP contribution in [0.4, 0.5) is 0 Å². The second-order valence-corrected chi connectivity index (χ2v) is 3.19. The van der Waals surface area contributed by atoms with Crippen molar-refractivity contribution in [2.75, 3.05) is 0 Å². The molecular weight excluding hydrogens is 271 g/mol. The van der Waals surface area contributed by atoms with Gasteiger partial charge in [-0.1, -0.05) is 13.3 Å². The number of nitrogens with zero attached hydrogens (tertiary/aromatic N) is 2. The van der Waals surface area contributed by atoms with Crippen LogP contribution in [-0.4, -0.2) is 15.6 Å². The summed E-state index contributed by atoms with van der Waals surface area (Å²) in [5.74, 6) is -0.833. The number of hydrogen-bond donors (Lipinski definition) is 1. The van der Waals surface area contributed by atoms with Crippen molar-refractivity contribution < 1.29 is 43.9 Å². The second-order valence-electron chi connectivity index (χ2n) is 3.19. The van der Waals surface area contributed by atoms with E-state index in [2.05, 4.69) is 34.8 Å². The van der Waals surface area contributed by atoms with Crippen molar-refractivity contribution in [3.05, 3.63) is 18.7 Å². The zero-order valence-electron chi connectivity index (χ0n) is 9.86. The predicted octanol–water partition coefficient (Wildman–Crippen LogP) is -1.79. The zero-order chi connectivity index (χ0) is 11.0. The van der Waals surface area contributed by atoms with Gasteiger partial charge in [0.25, 0.3) is 5.97 Å². The van der Waals surface area contributed by atoms with E-state index in [4.69, 9.17) is 9.90 Å². The van der Waals surface area contributed by atoms with E-state index in [1.54, 1.807) is 0 Å². The molecule has 0 aliphatic carbocycles. The third-order valence-corrected chi connectivity index (χ3v) is 1.59. The molecule has 0 atom stereocenters. The summed E-state index contributed by atoms with van der Waals surface area (Å²) < 4.78 is 4.28. The van der Waals surface area contributed by atoms with Gasteiger partial charge in [-0.05, 0) is 6.42 Å². The van der Waals surface area contributed by atoms with Gasteiger partial charge >= 0.3 is 0 Å². The van der Waals surface area contributed by atoms with Crippen molar-refractivity contribution in [2.45, 2.75) is 33.2 Å². The van der Waals surface area contributed by atoms with Crippen LogP contribution in [0.3, 0.4) is 0 Å². The van der Waals surface area contributed by atoms with Crippen LogP contribution in [0.1, 0.15) is 26.7 Å². The first-order valence-corrected chi connectivity index (χ1v) is 4.76. The first-order valence-electron chi connectivity index (χ1n) is 4.76. The zero-order valence-corrected chi connectivity index (χ0v) is 11.8. The number of carbonyl (C=O) groups is 1. The van der Waals surface area contributed by atoms with E-state index >= 15 is 0 Å².